The maximum Gasteiger partial charge on any atom is 0.348 e. The van der Waals surface area contributed by atoms with Crippen LogP contribution in [0.5, 0.6) is 0 Å². The Morgan fingerprint density at radius 2 is 1.59 bits per heavy atom. The molecule has 0 bridgehead atoms. The van der Waals surface area contributed by atoms with Crippen LogP contribution in [0, 0.1) is 0 Å². The third-order valence-corrected chi connectivity index (χ3v) is 4.01. The summed E-state index contributed by atoms with van der Waals surface area (Å²) in [6.07, 6.45) is 1.31. The zero-order chi connectivity index (χ0) is 20.4. The van der Waals surface area contributed by atoms with Crippen molar-refractivity contribution in [3.05, 3.63) is 58.5 Å². The number of pyridine rings is 1. The summed E-state index contributed by atoms with van der Waals surface area (Å²) < 4.78 is 6.91. The minimum atomic E-state index is -2.40. The fraction of sp³-hybridized carbons (Fsp3) is 0.350. The van der Waals surface area contributed by atoms with Crippen molar-refractivity contribution >= 4 is 11.9 Å². The molecule has 0 unspecified atom stereocenters. The van der Waals surface area contributed by atoms with Gasteiger partial charge in [0.1, 0.15) is 0 Å². The predicted molar refractivity (Wildman–Crippen MR) is 99.7 cm³/mol. The minimum absolute atomic E-state index is 0.160. The van der Waals surface area contributed by atoms with Crippen molar-refractivity contribution in [1.82, 2.24) is 4.57 Å². The SMILES string of the molecule is Cn1cccc(-c2ccc(CC(OC(C)(C)C)(C(=O)O)C(=O)O)cc2)c1=O. The van der Waals surface area contributed by atoms with Crippen molar-refractivity contribution in [2.24, 2.45) is 7.05 Å². The molecule has 2 rings (SSSR count). The van der Waals surface area contributed by atoms with Crippen LogP contribution in [0.3, 0.4) is 0 Å². The van der Waals surface area contributed by atoms with Crippen LogP contribution in [0.1, 0.15) is 26.3 Å². The van der Waals surface area contributed by atoms with E-state index >= 15 is 0 Å². The van der Waals surface area contributed by atoms with E-state index in [1.807, 2.05) is 0 Å². The topological polar surface area (TPSA) is 106 Å². The molecule has 27 heavy (non-hydrogen) atoms. The van der Waals surface area contributed by atoms with E-state index in [4.69, 9.17) is 4.74 Å². The van der Waals surface area contributed by atoms with Gasteiger partial charge < -0.3 is 19.5 Å². The molecule has 0 fully saturated rings. The highest BCUT2D eigenvalue weighted by Gasteiger charge is 2.50. The van der Waals surface area contributed by atoms with Gasteiger partial charge in [-0.25, -0.2) is 9.59 Å². The maximum atomic E-state index is 12.2. The lowest BCUT2D eigenvalue weighted by Gasteiger charge is -2.33. The van der Waals surface area contributed by atoms with Crippen LogP contribution in [0.25, 0.3) is 11.1 Å². The normalized spacial score (nSPS) is 12.0. The van der Waals surface area contributed by atoms with Crippen LogP contribution in [0.4, 0.5) is 0 Å². The molecule has 0 aliphatic rings. The van der Waals surface area contributed by atoms with Gasteiger partial charge >= 0.3 is 11.9 Å². The Labute approximate surface area is 156 Å². The second-order valence-electron chi connectivity index (χ2n) is 7.36. The van der Waals surface area contributed by atoms with Crippen molar-refractivity contribution < 1.29 is 24.5 Å². The average Bonchev–Trinajstić information content (AvgIpc) is 2.56. The Morgan fingerprint density at radius 3 is 2.07 bits per heavy atom. The van der Waals surface area contributed by atoms with Crippen molar-refractivity contribution in [3.8, 4) is 11.1 Å². The lowest BCUT2D eigenvalue weighted by atomic mass is 9.92. The molecule has 0 aliphatic carbocycles. The van der Waals surface area contributed by atoms with Crippen LogP contribution in [-0.4, -0.2) is 37.9 Å². The van der Waals surface area contributed by atoms with E-state index in [1.54, 1.807) is 70.4 Å². The van der Waals surface area contributed by atoms with Crippen LogP contribution in [0.15, 0.2) is 47.4 Å². The zero-order valence-corrected chi connectivity index (χ0v) is 15.7. The number of carboxylic acids is 2. The van der Waals surface area contributed by atoms with E-state index in [0.717, 1.165) is 0 Å². The van der Waals surface area contributed by atoms with Crippen LogP contribution < -0.4 is 5.56 Å². The summed E-state index contributed by atoms with van der Waals surface area (Å²) in [5, 5.41) is 19.1. The molecule has 0 saturated carbocycles. The van der Waals surface area contributed by atoms with Gasteiger partial charge in [0, 0.05) is 25.2 Å². The molecule has 144 valence electrons. The largest absolute Gasteiger partial charge is 0.479 e. The summed E-state index contributed by atoms with van der Waals surface area (Å²) in [5.74, 6) is -3.13. The van der Waals surface area contributed by atoms with Gasteiger partial charge in [0.2, 0.25) is 0 Å². The van der Waals surface area contributed by atoms with Gasteiger partial charge in [-0.05, 0) is 44.0 Å². The van der Waals surface area contributed by atoms with Crippen molar-refractivity contribution in [2.45, 2.75) is 38.4 Å². The monoisotopic (exact) mass is 373 g/mol. The molecular weight excluding hydrogens is 350 g/mol. The highest BCUT2D eigenvalue weighted by Crippen LogP contribution is 2.27. The molecule has 0 radical (unpaired) electrons. The molecule has 0 atom stereocenters. The molecule has 2 N–H and O–H groups in total. The van der Waals surface area contributed by atoms with Crippen LogP contribution >= 0.6 is 0 Å². The number of nitrogens with zero attached hydrogens (tertiary/aromatic N) is 1. The Balaban J connectivity index is 2.40. The molecule has 1 aromatic carbocycles. The molecule has 1 aromatic heterocycles. The third-order valence-electron chi connectivity index (χ3n) is 4.01. The van der Waals surface area contributed by atoms with E-state index in [1.165, 1.54) is 4.57 Å². The van der Waals surface area contributed by atoms with Crippen LogP contribution in [-0.2, 0) is 27.8 Å². The molecule has 2 aromatic rings. The first-order valence-electron chi connectivity index (χ1n) is 8.38. The van der Waals surface area contributed by atoms with Gasteiger partial charge in [-0.2, -0.15) is 0 Å². The smallest absolute Gasteiger partial charge is 0.348 e. The number of carbonyl (C=O) groups is 2. The van der Waals surface area contributed by atoms with E-state index in [-0.39, 0.29) is 12.0 Å². The van der Waals surface area contributed by atoms with E-state index in [9.17, 15) is 24.6 Å². The molecule has 0 aliphatic heterocycles. The van der Waals surface area contributed by atoms with Crippen LogP contribution in [0.2, 0.25) is 0 Å². The fourth-order valence-corrected chi connectivity index (χ4v) is 2.80. The highest BCUT2D eigenvalue weighted by atomic mass is 16.6. The average molecular weight is 373 g/mol. The number of hydrogen-bond acceptors (Lipinski definition) is 4. The molecule has 7 nitrogen and oxygen atoms in total. The molecule has 1 heterocycles. The lowest BCUT2D eigenvalue weighted by Crippen LogP contribution is -2.54. The summed E-state index contributed by atoms with van der Waals surface area (Å²) in [6.45, 7) is 4.80. The maximum absolute atomic E-state index is 12.2. The van der Waals surface area contributed by atoms with Gasteiger partial charge in [-0.1, -0.05) is 24.3 Å². The van der Waals surface area contributed by atoms with Gasteiger partial charge in [-0.3, -0.25) is 4.79 Å². The molecule has 0 amide bonds. The first-order valence-corrected chi connectivity index (χ1v) is 8.38. The number of benzene rings is 1. The van der Waals surface area contributed by atoms with Gasteiger partial charge in [0.25, 0.3) is 11.2 Å². The van der Waals surface area contributed by atoms with E-state index in [2.05, 4.69) is 0 Å². The molecule has 0 spiro atoms. The fourth-order valence-electron chi connectivity index (χ4n) is 2.80. The summed E-state index contributed by atoms with van der Waals surface area (Å²) >= 11 is 0. The number of rotatable bonds is 6. The number of aryl methyl sites for hydroxylation is 1. The lowest BCUT2D eigenvalue weighted by molar-refractivity contribution is -0.199. The van der Waals surface area contributed by atoms with Crippen molar-refractivity contribution in [2.75, 3.05) is 0 Å². The Bertz CT molecular complexity index is 891. The summed E-state index contributed by atoms with van der Waals surface area (Å²) in [7, 11) is 1.65. The molecular formula is C20H23NO6. The second kappa shape index (κ2) is 7.36. The summed E-state index contributed by atoms with van der Waals surface area (Å²) in [5.41, 5.74) is -1.89. The number of aromatic nitrogens is 1. The van der Waals surface area contributed by atoms with E-state index in [0.29, 0.717) is 16.7 Å². The van der Waals surface area contributed by atoms with Gasteiger partial charge in [-0.15, -0.1) is 0 Å². The first kappa shape index (κ1) is 20.4. The number of aliphatic carboxylic acids is 2. The summed E-state index contributed by atoms with van der Waals surface area (Å²) in [4.78, 5) is 35.7. The number of hydrogen-bond donors (Lipinski definition) is 2. The van der Waals surface area contributed by atoms with Crippen molar-refractivity contribution in [1.29, 1.82) is 0 Å². The predicted octanol–water partition coefficient (Wildman–Crippen LogP) is 2.32. The zero-order valence-electron chi connectivity index (χ0n) is 15.7. The van der Waals surface area contributed by atoms with Gasteiger partial charge in [0.15, 0.2) is 0 Å². The summed E-state index contributed by atoms with van der Waals surface area (Å²) in [6, 6.07) is 9.98. The van der Waals surface area contributed by atoms with E-state index < -0.39 is 23.1 Å². The third kappa shape index (κ3) is 4.43. The first-order chi connectivity index (χ1) is 12.5. The molecule has 0 saturated heterocycles. The highest BCUT2D eigenvalue weighted by molar-refractivity contribution is 6.02. The minimum Gasteiger partial charge on any atom is -0.479 e. The Hall–Kier alpha value is -2.93. The van der Waals surface area contributed by atoms with Gasteiger partial charge in [0.05, 0.1) is 5.60 Å². The quantitative estimate of drug-likeness (QED) is 0.753. The molecule has 7 heteroatoms. The Kier molecular flexibility index (Phi) is 5.56. The standard InChI is InChI=1S/C20H23NO6/c1-19(2,3)27-20(17(23)24,18(25)26)12-13-7-9-14(10-8-13)15-6-5-11-21(4)16(15)22/h5-11H,12H2,1-4H3,(H,23,24)(H,25,26). The Morgan fingerprint density at radius 1 is 1.04 bits per heavy atom. The second-order valence-corrected chi connectivity index (χ2v) is 7.36. The van der Waals surface area contributed by atoms with Crippen molar-refractivity contribution in [3.63, 3.8) is 0 Å². The number of ether oxygens (including phenoxy) is 1. The number of carboxylic acid groups (broad SMARTS) is 2.